The molecule has 84 valence electrons. The largest absolute Gasteiger partial charge is 0.361 e. The lowest BCUT2D eigenvalue weighted by Crippen LogP contribution is -1.90. The maximum atomic E-state index is 3.42. The van der Waals surface area contributed by atoms with Gasteiger partial charge in [-0.1, -0.05) is 25.8 Å². The van der Waals surface area contributed by atoms with Crippen molar-refractivity contribution in [3.63, 3.8) is 0 Å². The van der Waals surface area contributed by atoms with Crippen LogP contribution < -0.4 is 0 Å². The number of hydrogen-bond donors (Lipinski definition) is 1. The van der Waals surface area contributed by atoms with Crippen molar-refractivity contribution in [1.82, 2.24) is 4.98 Å². The smallest absolute Gasteiger partial charge is 0.0457 e. The van der Waals surface area contributed by atoms with Crippen LogP contribution in [0.15, 0.2) is 24.4 Å². The van der Waals surface area contributed by atoms with Gasteiger partial charge in [-0.25, -0.2) is 0 Å². The van der Waals surface area contributed by atoms with E-state index in [4.69, 9.17) is 0 Å². The Labute approximate surface area is 96.9 Å². The summed E-state index contributed by atoms with van der Waals surface area (Å²) in [6, 6.07) is 6.84. The molecule has 16 heavy (non-hydrogen) atoms. The van der Waals surface area contributed by atoms with Crippen LogP contribution in [0.5, 0.6) is 0 Å². The lowest BCUT2D eigenvalue weighted by atomic mass is 9.96. The van der Waals surface area contributed by atoms with Crippen LogP contribution in [-0.2, 0) is 6.42 Å². The quantitative estimate of drug-likeness (QED) is 0.761. The highest BCUT2D eigenvalue weighted by Crippen LogP contribution is 2.37. The molecule has 1 aromatic heterocycles. The Hall–Kier alpha value is -1.24. The summed E-state index contributed by atoms with van der Waals surface area (Å²) >= 11 is 0. The summed E-state index contributed by atoms with van der Waals surface area (Å²) in [6.45, 7) is 2.23. The van der Waals surface area contributed by atoms with Gasteiger partial charge < -0.3 is 4.98 Å². The molecule has 1 aromatic carbocycles. The third kappa shape index (κ3) is 1.55. The van der Waals surface area contributed by atoms with E-state index in [1.165, 1.54) is 42.1 Å². The summed E-state index contributed by atoms with van der Waals surface area (Å²) in [5.74, 6) is 0.806. The van der Waals surface area contributed by atoms with Crippen LogP contribution in [0.3, 0.4) is 0 Å². The molecule has 1 saturated carbocycles. The number of rotatable bonds is 2. The fraction of sp³-hybridized carbons (Fsp3) is 0.467. The molecule has 0 unspecified atom stereocenters. The molecule has 1 aliphatic rings. The van der Waals surface area contributed by atoms with Gasteiger partial charge in [-0.15, -0.1) is 0 Å². The van der Waals surface area contributed by atoms with Crippen molar-refractivity contribution < 1.29 is 0 Å². The van der Waals surface area contributed by atoms with E-state index in [1.807, 2.05) is 0 Å². The molecule has 0 amide bonds. The number of fused-ring (bicyclic) bond motifs is 1. The Morgan fingerprint density at radius 1 is 1.25 bits per heavy atom. The molecule has 0 spiro atoms. The summed E-state index contributed by atoms with van der Waals surface area (Å²) in [6.07, 6.45) is 8.94. The van der Waals surface area contributed by atoms with Crippen LogP contribution in [0, 0.1) is 0 Å². The fourth-order valence-electron chi connectivity index (χ4n) is 2.98. The maximum Gasteiger partial charge on any atom is 0.0457 e. The zero-order chi connectivity index (χ0) is 11.0. The van der Waals surface area contributed by atoms with Crippen LogP contribution in [0.1, 0.15) is 49.7 Å². The van der Waals surface area contributed by atoms with E-state index in [0.29, 0.717) is 0 Å². The Morgan fingerprint density at radius 3 is 2.81 bits per heavy atom. The molecule has 1 nitrogen and oxygen atoms in total. The van der Waals surface area contributed by atoms with E-state index in [9.17, 15) is 0 Å². The highest BCUT2D eigenvalue weighted by molar-refractivity contribution is 5.84. The van der Waals surface area contributed by atoms with Gasteiger partial charge in [-0.05, 0) is 48.4 Å². The Morgan fingerprint density at radius 2 is 2.06 bits per heavy atom. The first kappa shape index (κ1) is 9.95. The lowest BCUT2D eigenvalue weighted by molar-refractivity contribution is 0.729. The first-order valence-corrected chi connectivity index (χ1v) is 6.48. The minimum Gasteiger partial charge on any atom is -0.361 e. The Balaban J connectivity index is 2.09. The predicted octanol–water partition coefficient (Wildman–Crippen LogP) is 4.39. The second-order valence-corrected chi connectivity index (χ2v) is 4.96. The second-order valence-electron chi connectivity index (χ2n) is 4.96. The summed E-state index contributed by atoms with van der Waals surface area (Å²) in [5.41, 5.74) is 4.31. The van der Waals surface area contributed by atoms with Gasteiger partial charge in [0.05, 0.1) is 0 Å². The van der Waals surface area contributed by atoms with E-state index in [-0.39, 0.29) is 0 Å². The molecule has 0 bridgehead atoms. The molecule has 1 fully saturated rings. The molecular formula is C15H19N. The first-order chi connectivity index (χ1) is 7.88. The van der Waals surface area contributed by atoms with Crippen molar-refractivity contribution in [2.45, 2.75) is 44.9 Å². The van der Waals surface area contributed by atoms with Crippen molar-refractivity contribution in [1.29, 1.82) is 0 Å². The predicted molar refractivity (Wildman–Crippen MR) is 68.9 cm³/mol. The standard InChI is InChI=1S/C15H19N/c1-2-11-7-8-15-13(9-11)14(10-16-15)12-5-3-4-6-12/h7-10,12,16H,2-6H2,1H3. The number of benzene rings is 1. The van der Waals surface area contributed by atoms with Crippen LogP contribution in [-0.4, -0.2) is 4.98 Å². The lowest BCUT2D eigenvalue weighted by Gasteiger charge is -2.07. The van der Waals surface area contributed by atoms with Gasteiger partial charge in [0.2, 0.25) is 0 Å². The summed E-state index contributed by atoms with van der Waals surface area (Å²) in [5, 5.41) is 1.46. The highest BCUT2D eigenvalue weighted by atomic mass is 14.7. The van der Waals surface area contributed by atoms with E-state index in [0.717, 1.165) is 12.3 Å². The number of hydrogen-bond acceptors (Lipinski definition) is 0. The van der Waals surface area contributed by atoms with Crippen LogP contribution in [0.2, 0.25) is 0 Å². The zero-order valence-electron chi connectivity index (χ0n) is 9.92. The van der Waals surface area contributed by atoms with Gasteiger partial charge in [0.25, 0.3) is 0 Å². The number of H-pyrrole nitrogens is 1. The SMILES string of the molecule is CCc1ccc2[nH]cc(C3CCCC3)c2c1. The van der Waals surface area contributed by atoms with E-state index >= 15 is 0 Å². The first-order valence-electron chi connectivity index (χ1n) is 6.48. The van der Waals surface area contributed by atoms with Gasteiger partial charge >= 0.3 is 0 Å². The van der Waals surface area contributed by atoms with Gasteiger partial charge in [0.15, 0.2) is 0 Å². The topological polar surface area (TPSA) is 15.8 Å². The van der Waals surface area contributed by atoms with Crippen LogP contribution >= 0.6 is 0 Å². The second kappa shape index (κ2) is 3.97. The summed E-state index contributed by atoms with van der Waals surface area (Å²) in [7, 11) is 0. The molecule has 0 aliphatic heterocycles. The molecule has 1 N–H and O–H groups in total. The Bertz CT molecular complexity index is 489. The van der Waals surface area contributed by atoms with Gasteiger partial charge in [0.1, 0.15) is 0 Å². The van der Waals surface area contributed by atoms with E-state index < -0.39 is 0 Å². The third-order valence-corrected chi connectivity index (χ3v) is 3.98. The molecule has 0 saturated heterocycles. The molecule has 1 aliphatic carbocycles. The van der Waals surface area contributed by atoms with Gasteiger partial charge in [-0.3, -0.25) is 0 Å². The van der Waals surface area contributed by atoms with Crippen molar-refractivity contribution in [3.8, 4) is 0 Å². The molecular weight excluding hydrogens is 194 g/mol. The minimum atomic E-state index is 0.806. The monoisotopic (exact) mass is 213 g/mol. The van der Waals surface area contributed by atoms with Gasteiger partial charge in [0, 0.05) is 17.1 Å². The third-order valence-electron chi connectivity index (χ3n) is 3.98. The van der Waals surface area contributed by atoms with Crippen molar-refractivity contribution in [2.24, 2.45) is 0 Å². The highest BCUT2D eigenvalue weighted by Gasteiger charge is 2.19. The van der Waals surface area contributed by atoms with Crippen molar-refractivity contribution in [3.05, 3.63) is 35.5 Å². The number of aromatic amines is 1. The molecule has 2 aromatic rings. The molecule has 3 rings (SSSR count). The average molecular weight is 213 g/mol. The van der Waals surface area contributed by atoms with Crippen LogP contribution in [0.4, 0.5) is 0 Å². The van der Waals surface area contributed by atoms with Crippen molar-refractivity contribution >= 4 is 10.9 Å². The Kier molecular flexibility index (Phi) is 2.47. The molecule has 0 radical (unpaired) electrons. The average Bonchev–Trinajstić information content (AvgIpc) is 2.96. The van der Waals surface area contributed by atoms with Gasteiger partial charge in [-0.2, -0.15) is 0 Å². The normalized spacial score (nSPS) is 17.3. The van der Waals surface area contributed by atoms with E-state index in [1.54, 1.807) is 5.56 Å². The summed E-state index contributed by atoms with van der Waals surface area (Å²) < 4.78 is 0. The van der Waals surface area contributed by atoms with E-state index in [2.05, 4.69) is 36.3 Å². The number of aromatic nitrogens is 1. The molecule has 0 atom stereocenters. The fourth-order valence-corrected chi connectivity index (χ4v) is 2.98. The number of nitrogens with one attached hydrogen (secondary N) is 1. The minimum absolute atomic E-state index is 0.806. The maximum absolute atomic E-state index is 3.42. The zero-order valence-corrected chi connectivity index (χ0v) is 9.92. The van der Waals surface area contributed by atoms with Crippen LogP contribution in [0.25, 0.3) is 10.9 Å². The van der Waals surface area contributed by atoms with Crippen molar-refractivity contribution in [2.75, 3.05) is 0 Å². The molecule has 1 heterocycles. The summed E-state index contributed by atoms with van der Waals surface area (Å²) in [4.78, 5) is 3.42. The molecule has 1 heteroatoms. The number of aryl methyl sites for hydroxylation is 1.